The van der Waals surface area contributed by atoms with E-state index in [9.17, 15) is 0 Å². The van der Waals surface area contributed by atoms with E-state index >= 15 is 0 Å². The lowest BCUT2D eigenvalue weighted by Gasteiger charge is -2.25. The summed E-state index contributed by atoms with van der Waals surface area (Å²) in [5.74, 6) is 2.29. The molecule has 2 aliphatic rings. The first-order valence-electron chi connectivity index (χ1n) is 7.77. The first kappa shape index (κ1) is 13.3. The van der Waals surface area contributed by atoms with E-state index in [1.54, 1.807) is 0 Å². The molecule has 0 amide bonds. The SMILES string of the molecule is CCCC1NCCn2c1nnc2C1Cc2ccccc2S1. The van der Waals surface area contributed by atoms with Crippen molar-refractivity contribution in [1.82, 2.24) is 20.1 Å². The van der Waals surface area contributed by atoms with Crippen LogP contribution in [0.4, 0.5) is 0 Å². The number of benzene rings is 1. The van der Waals surface area contributed by atoms with Gasteiger partial charge in [0, 0.05) is 18.0 Å². The average molecular weight is 300 g/mol. The highest BCUT2D eigenvalue weighted by molar-refractivity contribution is 7.99. The zero-order valence-electron chi connectivity index (χ0n) is 12.2. The maximum Gasteiger partial charge on any atom is 0.150 e. The van der Waals surface area contributed by atoms with Crippen LogP contribution in [-0.4, -0.2) is 21.3 Å². The lowest BCUT2D eigenvalue weighted by Crippen LogP contribution is -2.34. The summed E-state index contributed by atoms with van der Waals surface area (Å²) in [4.78, 5) is 1.40. The molecular formula is C16H20N4S. The number of hydrogen-bond acceptors (Lipinski definition) is 4. The van der Waals surface area contributed by atoms with Crippen LogP contribution in [0.15, 0.2) is 29.2 Å². The molecule has 4 nitrogen and oxygen atoms in total. The summed E-state index contributed by atoms with van der Waals surface area (Å²) in [6, 6.07) is 9.07. The molecule has 0 spiro atoms. The van der Waals surface area contributed by atoms with Crippen molar-refractivity contribution in [2.24, 2.45) is 0 Å². The van der Waals surface area contributed by atoms with Gasteiger partial charge in [-0.1, -0.05) is 31.5 Å². The summed E-state index contributed by atoms with van der Waals surface area (Å²) in [6.45, 7) is 4.24. The summed E-state index contributed by atoms with van der Waals surface area (Å²) in [7, 11) is 0. The maximum absolute atomic E-state index is 4.55. The molecule has 2 aliphatic heterocycles. The summed E-state index contributed by atoms with van der Waals surface area (Å²) >= 11 is 1.94. The van der Waals surface area contributed by atoms with Gasteiger partial charge in [-0.05, 0) is 24.5 Å². The van der Waals surface area contributed by atoms with Gasteiger partial charge in [-0.2, -0.15) is 0 Å². The molecule has 1 aromatic heterocycles. The van der Waals surface area contributed by atoms with E-state index in [0.29, 0.717) is 11.3 Å². The van der Waals surface area contributed by atoms with Crippen LogP contribution in [0.1, 0.15) is 48.3 Å². The first-order valence-corrected chi connectivity index (χ1v) is 8.65. The van der Waals surface area contributed by atoms with E-state index in [-0.39, 0.29) is 0 Å². The molecular weight excluding hydrogens is 280 g/mol. The van der Waals surface area contributed by atoms with Gasteiger partial charge in [-0.15, -0.1) is 22.0 Å². The number of fused-ring (bicyclic) bond motifs is 2. The fourth-order valence-corrected chi connectivity index (χ4v) is 4.65. The molecule has 0 saturated heterocycles. The van der Waals surface area contributed by atoms with Gasteiger partial charge in [-0.3, -0.25) is 0 Å². The number of thioether (sulfide) groups is 1. The highest BCUT2D eigenvalue weighted by Crippen LogP contribution is 2.46. The third-order valence-electron chi connectivity index (χ3n) is 4.36. The number of hydrogen-bond donors (Lipinski definition) is 1. The highest BCUT2D eigenvalue weighted by Gasteiger charge is 2.31. The lowest BCUT2D eigenvalue weighted by atomic mass is 10.1. The van der Waals surface area contributed by atoms with Crippen molar-refractivity contribution in [1.29, 1.82) is 0 Å². The molecule has 110 valence electrons. The lowest BCUT2D eigenvalue weighted by molar-refractivity contribution is 0.387. The number of nitrogens with zero attached hydrogens (tertiary/aromatic N) is 3. The van der Waals surface area contributed by atoms with Crippen LogP contribution in [0, 0.1) is 0 Å². The summed E-state index contributed by atoms with van der Waals surface area (Å²) in [5.41, 5.74) is 1.45. The molecule has 5 heteroatoms. The van der Waals surface area contributed by atoms with Crippen LogP contribution in [0.3, 0.4) is 0 Å². The molecule has 21 heavy (non-hydrogen) atoms. The molecule has 0 saturated carbocycles. The minimum atomic E-state index is 0.374. The third kappa shape index (κ3) is 2.28. The summed E-state index contributed by atoms with van der Waals surface area (Å²) in [5, 5.41) is 13.0. The van der Waals surface area contributed by atoms with E-state index < -0.39 is 0 Å². The van der Waals surface area contributed by atoms with E-state index in [1.807, 2.05) is 11.8 Å². The Morgan fingerprint density at radius 3 is 3.00 bits per heavy atom. The normalized spacial score (nSPS) is 23.9. The number of aromatic nitrogens is 3. The zero-order valence-corrected chi connectivity index (χ0v) is 13.1. The van der Waals surface area contributed by atoms with Gasteiger partial charge in [-0.25, -0.2) is 0 Å². The fraction of sp³-hybridized carbons (Fsp3) is 0.500. The van der Waals surface area contributed by atoms with Gasteiger partial charge in [0.1, 0.15) is 11.6 Å². The van der Waals surface area contributed by atoms with E-state index in [0.717, 1.165) is 37.6 Å². The Morgan fingerprint density at radius 1 is 1.29 bits per heavy atom. The van der Waals surface area contributed by atoms with Gasteiger partial charge >= 0.3 is 0 Å². The second-order valence-corrected chi connectivity index (χ2v) is 7.03. The first-order chi connectivity index (χ1) is 10.4. The van der Waals surface area contributed by atoms with Crippen molar-refractivity contribution in [2.75, 3.05) is 6.54 Å². The molecule has 2 aromatic rings. The summed E-state index contributed by atoms with van der Waals surface area (Å²) < 4.78 is 2.36. The predicted octanol–water partition coefficient (Wildman–Crippen LogP) is 3.11. The largest absolute Gasteiger partial charge is 0.311 e. The fourth-order valence-electron chi connectivity index (χ4n) is 3.34. The Hall–Kier alpha value is -1.33. The van der Waals surface area contributed by atoms with Gasteiger partial charge in [0.05, 0.1) is 11.3 Å². The Kier molecular flexibility index (Phi) is 3.47. The van der Waals surface area contributed by atoms with E-state index in [4.69, 9.17) is 0 Å². The van der Waals surface area contributed by atoms with Crippen LogP contribution in [-0.2, 0) is 13.0 Å². The van der Waals surface area contributed by atoms with Gasteiger partial charge in [0.15, 0.2) is 0 Å². The highest BCUT2D eigenvalue weighted by atomic mass is 32.2. The van der Waals surface area contributed by atoms with Crippen molar-refractivity contribution in [3.63, 3.8) is 0 Å². The molecule has 1 aromatic carbocycles. The Balaban J connectivity index is 1.63. The number of nitrogens with one attached hydrogen (secondary N) is 1. The minimum Gasteiger partial charge on any atom is -0.311 e. The molecule has 2 unspecified atom stereocenters. The molecule has 2 atom stereocenters. The van der Waals surface area contributed by atoms with Crippen LogP contribution in [0.5, 0.6) is 0 Å². The minimum absolute atomic E-state index is 0.374. The predicted molar refractivity (Wildman–Crippen MR) is 84.4 cm³/mol. The van der Waals surface area contributed by atoms with E-state index in [1.165, 1.54) is 16.9 Å². The Labute approximate surface area is 129 Å². The average Bonchev–Trinajstić information content (AvgIpc) is 3.11. The molecule has 0 fully saturated rings. The second kappa shape index (κ2) is 5.46. The zero-order chi connectivity index (χ0) is 14.2. The molecule has 0 bridgehead atoms. The van der Waals surface area contributed by atoms with Gasteiger partial charge in [0.2, 0.25) is 0 Å². The van der Waals surface area contributed by atoms with Crippen LogP contribution in [0.25, 0.3) is 0 Å². The van der Waals surface area contributed by atoms with Crippen LogP contribution < -0.4 is 5.32 Å². The van der Waals surface area contributed by atoms with Gasteiger partial charge < -0.3 is 9.88 Å². The summed E-state index contributed by atoms with van der Waals surface area (Å²) in [6.07, 6.45) is 3.38. The van der Waals surface area contributed by atoms with E-state index in [2.05, 4.69) is 51.3 Å². The molecule has 1 N–H and O–H groups in total. The quantitative estimate of drug-likeness (QED) is 0.946. The third-order valence-corrected chi connectivity index (χ3v) is 5.67. The van der Waals surface area contributed by atoms with Crippen molar-refractivity contribution in [3.8, 4) is 0 Å². The monoisotopic (exact) mass is 300 g/mol. The maximum atomic E-state index is 4.55. The van der Waals surface area contributed by atoms with Gasteiger partial charge in [0.25, 0.3) is 0 Å². The second-order valence-electron chi connectivity index (χ2n) is 5.78. The van der Waals surface area contributed by atoms with Crippen LogP contribution >= 0.6 is 11.8 Å². The molecule has 0 aliphatic carbocycles. The molecule has 3 heterocycles. The molecule has 0 radical (unpaired) electrons. The van der Waals surface area contributed by atoms with Crippen molar-refractivity contribution < 1.29 is 0 Å². The van der Waals surface area contributed by atoms with Crippen molar-refractivity contribution in [2.45, 2.75) is 48.9 Å². The smallest absolute Gasteiger partial charge is 0.150 e. The topological polar surface area (TPSA) is 42.7 Å². The number of rotatable bonds is 3. The Bertz CT molecular complexity index is 626. The molecule has 4 rings (SSSR count). The van der Waals surface area contributed by atoms with Crippen LogP contribution in [0.2, 0.25) is 0 Å². The Morgan fingerprint density at radius 2 is 2.14 bits per heavy atom. The van der Waals surface area contributed by atoms with Crippen molar-refractivity contribution >= 4 is 11.8 Å². The standard InChI is InChI=1S/C16H20N4S/c1-2-5-12-15-18-19-16(20(15)9-8-17-12)14-10-11-6-3-4-7-13(11)21-14/h3-4,6-7,12,14,17H,2,5,8-10H2,1H3. The van der Waals surface area contributed by atoms with Crippen molar-refractivity contribution in [3.05, 3.63) is 41.5 Å².